The Hall–Kier alpha value is -3.04. The molecule has 166 valence electrons. The summed E-state index contributed by atoms with van der Waals surface area (Å²) in [5.41, 5.74) is 1.60. The summed E-state index contributed by atoms with van der Waals surface area (Å²) in [4.78, 5) is 27.0. The number of carbonyl (C=O) groups excluding carboxylic acids is 2. The largest absolute Gasteiger partial charge is 0.489 e. The van der Waals surface area contributed by atoms with Gasteiger partial charge in [0.25, 0.3) is 5.91 Å². The Balaban J connectivity index is 1.59. The average Bonchev–Trinajstić information content (AvgIpc) is 3.05. The Kier molecular flexibility index (Phi) is 5.21. The molecular weight excluding hydrogens is 428 g/mol. The zero-order valence-corrected chi connectivity index (χ0v) is 19.5. The lowest BCUT2D eigenvalue weighted by atomic mass is 9.49. The van der Waals surface area contributed by atoms with Crippen LogP contribution in [0.2, 0.25) is 5.02 Å². The first-order chi connectivity index (χ1) is 15.0. The van der Waals surface area contributed by atoms with Gasteiger partial charge in [-0.15, -0.1) is 0 Å². The molecule has 4 rings (SSSR count). The number of benzene rings is 2. The molecule has 1 aliphatic carbocycles. The summed E-state index contributed by atoms with van der Waals surface area (Å²) in [6.45, 7) is 8.81. The molecule has 0 radical (unpaired) electrons. The molecule has 32 heavy (non-hydrogen) atoms. The summed E-state index contributed by atoms with van der Waals surface area (Å²) in [5.74, 6) is 0.136. The van der Waals surface area contributed by atoms with Crippen molar-refractivity contribution in [3.63, 3.8) is 0 Å². The topological polar surface area (TPSA) is 79.6 Å². The molecule has 0 unspecified atom stereocenters. The van der Waals surface area contributed by atoms with Crippen LogP contribution in [0.5, 0.6) is 5.75 Å². The third-order valence-corrected chi connectivity index (χ3v) is 7.06. The van der Waals surface area contributed by atoms with E-state index in [0.29, 0.717) is 34.0 Å². The van der Waals surface area contributed by atoms with Gasteiger partial charge >= 0.3 is 5.97 Å². The number of hydrogen-bond donors (Lipinski definition) is 0. The quantitative estimate of drug-likeness (QED) is 0.620. The smallest absolute Gasteiger partial charge is 0.337 e. The maximum atomic E-state index is 13.3. The molecule has 1 aliphatic heterocycles. The maximum absolute atomic E-state index is 13.3. The van der Waals surface area contributed by atoms with Crippen LogP contribution in [0.1, 0.15) is 59.5 Å². The first-order valence-corrected chi connectivity index (χ1v) is 10.8. The van der Waals surface area contributed by atoms with Crippen LogP contribution in [0, 0.1) is 22.2 Å². The highest BCUT2D eigenvalue weighted by Gasteiger charge is 2.66. The highest BCUT2D eigenvalue weighted by molar-refractivity contribution is 6.31. The minimum atomic E-state index is -0.419. The van der Waals surface area contributed by atoms with E-state index < -0.39 is 5.97 Å². The lowest BCUT2D eigenvalue weighted by Gasteiger charge is -2.65. The Morgan fingerprint density at radius 2 is 1.84 bits per heavy atom. The molecule has 6 nitrogen and oxygen atoms in total. The summed E-state index contributed by atoms with van der Waals surface area (Å²) in [6, 6.07) is 12.1. The van der Waals surface area contributed by atoms with E-state index in [1.54, 1.807) is 36.4 Å². The second-order valence-corrected chi connectivity index (χ2v) is 10.0. The Labute approximate surface area is 192 Å². The molecule has 1 amide bonds. The van der Waals surface area contributed by atoms with E-state index in [0.717, 1.165) is 5.56 Å². The second-order valence-electron chi connectivity index (χ2n) is 9.59. The van der Waals surface area contributed by atoms with Crippen LogP contribution in [0.3, 0.4) is 0 Å². The van der Waals surface area contributed by atoms with E-state index >= 15 is 0 Å². The number of methoxy groups -OCH3 is 1. The van der Waals surface area contributed by atoms with Crippen molar-refractivity contribution in [3.8, 4) is 11.8 Å². The molecule has 0 saturated heterocycles. The van der Waals surface area contributed by atoms with Gasteiger partial charge in [0.05, 0.1) is 23.3 Å². The van der Waals surface area contributed by atoms with Gasteiger partial charge in [-0.3, -0.25) is 4.79 Å². The first kappa shape index (κ1) is 22.2. The van der Waals surface area contributed by atoms with Crippen LogP contribution >= 0.6 is 11.6 Å². The van der Waals surface area contributed by atoms with Crippen molar-refractivity contribution in [2.75, 3.05) is 7.11 Å². The van der Waals surface area contributed by atoms with Crippen LogP contribution in [-0.2, 0) is 11.3 Å². The molecule has 2 aromatic carbocycles. The van der Waals surface area contributed by atoms with Gasteiger partial charge < -0.3 is 14.4 Å². The van der Waals surface area contributed by atoms with Crippen molar-refractivity contribution in [1.29, 1.82) is 5.26 Å². The third-order valence-electron chi connectivity index (χ3n) is 6.75. The predicted molar refractivity (Wildman–Crippen MR) is 120 cm³/mol. The van der Waals surface area contributed by atoms with Crippen molar-refractivity contribution in [2.45, 2.75) is 46.4 Å². The molecule has 7 heteroatoms. The molecule has 1 saturated carbocycles. The normalized spacial score (nSPS) is 22.5. The molecule has 1 heterocycles. The SMILES string of the molecule is COC(=O)c1ccc2c(c1)CN(C1C(C)(C)C(Oc3ccc(C#N)c(Cl)c3)C1(C)C)C2=O. The van der Waals surface area contributed by atoms with E-state index in [1.807, 2.05) is 11.0 Å². The van der Waals surface area contributed by atoms with E-state index in [9.17, 15) is 9.59 Å². The number of amides is 1. The van der Waals surface area contributed by atoms with Gasteiger partial charge in [0.15, 0.2) is 0 Å². The summed E-state index contributed by atoms with van der Waals surface area (Å²) in [6.07, 6.45) is -0.175. The Morgan fingerprint density at radius 1 is 1.16 bits per heavy atom. The number of carbonyl (C=O) groups is 2. The third kappa shape index (κ3) is 3.23. The second kappa shape index (κ2) is 7.53. The maximum Gasteiger partial charge on any atom is 0.337 e. The molecule has 0 aromatic heterocycles. The van der Waals surface area contributed by atoms with E-state index in [1.165, 1.54) is 7.11 Å². The van der Waals surface area contributed by atoms with Gasteiger partial charge in [0.2, 0.25) is 0 Å². The summed E-state index contributed by atoms with van der Waals surface area (Å²) in [5, 5.41) is 9.44. The number of esters is 1. The van der Waals surface area contributed by atoms with Gasteiger partial charge in [0, 0.05) is 35.0 Å². The zero-order chi connectivity index (χ0) is 23.4. The lowest BCUT2D eigenvalue weighted by Crippen LogP contribution is -2.74. The molecule has 2 aromatic rings. The lowest BCUT2D eigenvalue weighted by molar-refractivity contribution is -0.199. The average molecular weight is 453 g/mol. The monoisotopic (exact) mass is 452 g/mol. The van der Waals surface area contributed by atoms with Crippen molar-refractivity contribution < 1.29 is 19.1 Å². The molecule has 0 bridgehead atoms. The highest BCUT2D eigenvalue weighted by Crippen LogP contribution is 2.59. The number of nitriles is 1. The predicted octanol–water partition coefficient (Wildman–Crippen LogP) is 4.84. The minimum Gasteiger partial charge on any atom is -0.489 e. The fourth-order valence-electron chi connectivity index (χ4n) is 5.81. The van der Waals surface area contributed by atoms with Crippen LogP contribution in [-0.4, -0.2) is 36.0 Å². The molecule has 1 fully saturated rings. The van der Waals surface area contributed by atoms with Crippen molar-refractivity contribution >= 4 is 23.5 Å². The standard InChI is InChI=1S/C25H25ClN2O4/c1-24(2)22(25(3,4)23(24)32-17-8-6-15(12-27)19(26)11-17)28-13-16-10-14(21(30)31-5)7-9-18(16)20(28)29/h6-11,22-23H,13H2,1-5H3. The fraction of sp³-hybridized carbons (Fsp3) is 0.400. The number of hydrogen-bond acceptors (Lipinski definition) is 5. The Bertz CT molecular complexity index is 1150. The van der Waals surface area contributed by atoms with Gasteiger partial charge in [-0.1, -0.05) is 39.3 Å². The number of ether oxygens (including phenoxy) is 2. The minimum absolute atomic E-state index is 0.0394. The number of rotatable bonds is 4. The van der Waals surface area contributed by atoms with Crippen LogP contribution < -0.4 is 4.74 Å². The fourth-order valence-corrected chi connectivity index (χ4v) is 6.02. The molecule has 2 aliphatic rings. The van der Waals surface area contributed by atoms with E-state index in [-0.39, 0.29) is 28.9 Å². The van der Waals surface area contributed by atoms with Gasteiger partial charge in [-0.05, 0) is 35.9 Å². The summed E-state index contributed by atoms with van der Waals surface area (Å²) < 4.78 is 11.1. The van der Waals surface area contributed by atoms with Gasteiger partial charge in [-0.25, -0.2) is 4.79 Å². The summed E-state index contributed by atoms with van der Waals surface area (Å²) in [7, 11) is 1.34. The van der Waals surface area contributed by atoms with Gasteiger partial charge in [0.1, 0.15) is 17.9 Å². The number of fused-ring (bicyclic) bond motifs is 1. The Morgan fingerprint density at radius 3 is 2.44 bits per heavy atom. The number of halogens is 1. The van der Waals surface area contributed by atoms with Crippen molar-refractivity contribution in [3.05, 3.63) is 63.7 Å². The van der Waals surface area contributed by atoms with Crippen LogP contribution in [0.4, 0.5) is 0 Å². The van der Waals surface area contributed by atoms with Gasteiger partial charge in [-0.2, -0.15) is 5.26 Å². The molecular formula is C25H25ClN2O4. The molecule has 0 spiro atoms. The van der Waals surface area contributed by atoms with Crippen molar-refractivity contribution in [2.24, 2.45) is 10.8 Å². The first-order valence-electron chi connectivity index (χ1n) is 10.4. The van der Waals surface area contributed by atoms with E-state index in [2.05, 4.69) is 27.7 Å². The number of nitrogens with zero attached hydrogens (tertiary/aromatic N) is 2. The zero-order valence-electron chi connectivity index (χ0n) is 18.7. The summed E-state index contributed by atoms with van der Waals surface area (Å²) >= 11 is 6.18. The van der Waals surface area contributed by atoms with Crippen LogP contribution in [0.15, 0.2) is 36.4 Å². The molecule has 0 atom stereocenters. The van der Waals surface area contributed by atoms with E-state index in [4.69, 9.17) is 26.3 Å². The van der Waals surface area contributed by atoms with Crippen LogP contribution in [0.25, 0.3) is 0 Å². The molecule has 0 N–H and O–H groups in total. The van der Waals surface area contributed by atoms with Crippen molar-refractivity contribution in [1.82, 2.24) is 4.90 Å². The highest BCUT2D eigenvalue weighted by atomic mass is 35.5.